The second kappa shape index (κ2) is 13.8. The molecule has 0 N–H and O–H groups in total. The molecule has 7 aromatic carbocycles. The molecule has 0 saturated carbocycles. The molecule has 1 aliphatic heterocycles. The third kappa shape index (κ3) is 5.36. The summed E-state index contributed by atoms with van der Waals surface area (Å²) in [6, 6.07) is 62.8. The Labute approximate surface area is 357 Å². The Bertz CT molecular complexity index is 3570. The van der Waals surface area contributed by atoms with E-state index in [1.54, 1.807) is 0 Å². The molecular weight excluding hydrogens is 759 g/mol. The van der Waals surface area contributed by atoms with E-state index in [0.717, 1.165) is 23.2 Å². The highest BCUT2D eigenvalue weighted by molar-refractivity contribution is 6.10. The maximum Gasteiger partial charge on any atom is 0.248 e. The molecule has 294 valence electrons. The fourth-order valence-electron chi connectivity index (χ4n) is 10.4. The van der Waals surface area contributed by atoms with Crippen molar-refractivity contribution in [2.24, 2.45) is 5.92 Å². The van der Waals surface area contributed by atoms with E-state index >= 15 is 0 Å². The molecule has 3 atom stereocenters. The van der Waals surface area contributed by atoms with Crippen LogP contribution in [0.25, 0.3) is 79.1 Å². The summed E-state index contributed by atoms with van der Waals surface area (Å²) in [4.78, 5) is 2.56. The molecule has 3 unspecified atom stereocenters. The molecule has 0 fully saturated rings. The minimum atomic E-state index is 0.182. The minimum Gasteiger partial charge on any atom is -0.416 e. The lowest BCUT2D eigenvalue weighted by atomic mass is 9.82. The lowest BCUT2D eigenvalue weighted by molar-refractivity contribution is 0.584. The number of nitrogens with zero attached hydrogens (tertiary/aromatic N) is 5. The van der Waals surface area contributed by atoms with Gasteiger partial charge in [0.2, 0.25) is 11.8 Å². The van der Waals surface area contributed by atoms with Gasteiger partial charge in [0.25, 0.3) is 0 Å². The van der Waals surface area contributed by atoms with Crippen molar-refractivity contribution < 1.29 is 4.42 Å². The third-order valence-corrected chi connectivity index (χ3v) is 13.2. The summed E-state index contributed by atoms with van der Waals surface area (Å²) in [5.41, 5.74) is 13.0. The number of benzene rings is 7. The molecule has 4 heterocycles. The van der Waals surface area contributed by atoms with Gasteiger partial charge in [-0.15, -0.1) is 10.2 Å². The Kier molecular flexibility index (Phi) is 7.76. The van der Waals surface area contributed by atoms with Gasteiger partial charge in [-0.2, -0.15) is 0 Å². The zero-order valence-electron chi connectivity index (χ0n) is 33.7. The predicted octanol–water partition coefficient (Wildman–Crippen LogP) is 11.8. The first-order valence-electron chi connectivity index (χ1n) is 21.4. The average molecular weight is 798 g/mol. The molecular formula is C56H39N5O. The predicted molar refractivity (Wildman–Crippen MR) is 251 cm³/mol. The van der Waals surface area contributed by atoms with Crippen LogP contribution < -0.4 is 15.5 Å². The van der Waals surface area contributed by atoms with Crippen LogP contribution in [0.2, 0.25) is 0 Å². The maximum atomic E-state index is 6.08. The highest BCUT2D eigenvalue weighted by atomic mass is 16.4. The molecule has 13 rings (SSSR count). The number of para-hydroxylation sites is 4. The van der Waals surface area contributed by atoms with Gasteiger partial charge in [-0.05, 0) is 102 Å². The largest absolute Gasteiger partial charge is 0.416 e. The van der Waals surface area contributed by atoms with Crippen LogP contribution in [0, 0.1) is 5.92 Å². The highest BCUT2D eigenvalue weighted by Crippen LogP contribution is 2.50. The molecule has 0 amide bonds. The Hall–Kier alpha value is -7.96. The van der Waals surface area contributed by atoms with Crippen LogP contribution in [0.1, 0.15) is 17.9 Å². The SMILES string of the molecule is C1=CC2C(C=C1C1C=c3c(n(-c4ccc(-c5nnc(-c6ccccc6)o5)cc4)c4ccccc34)=CC1)c1ccccc1N2c1ccc2c(c1)c1ccccc1n2-c1ccccc1. The third-order valence-electron chi connectivity index (χ3n) is 13.2. The number of hydrogen-bond donors (Lipinski definition) is 0. The molecule has 10 aromatic rings. The molecule has 3 aromatic heterocycles. The second-order valence-corrected chi connectivity index (χ2v) is 16.6. The second-order valence-electron chi connectivity index (χ2n) is 16.6. The average Bonchev–Trinajstić information content (AvgIpc) is 4.12. The molecule has 2 aliphatic carbocycles. The van der Waals surface area contributed by atoms with E-state index in [9.17, 15) is 0 Å². The zero-order valence-corrected chi connectivity index (χ0v) is 33.7. The first-order chi connectivity index (χ1) is 30.7. The molecule has 0 saturated heterocycles. The maximum absolute atomic E-state index is 6.08. The Morgan fingerprint density at radius 3 is 1.95 bits per heavy atom. The summed E-state index contributed by atoms with van der Waals surface area (Å²) < 4.78 is 10.9. The fraction of sp³-hybridized carbons (Fsp3) is 0.0714. The molecule has 3 aliphatic rings. The quantitative estimate of drug-likeness (QED) is 0.168. The normalized spacial score (nSPS) is 17.7. The van der Waals surface area contributed by atoms with E-state index in [1.165, 1.54) is 71.5 Å². The summed E-state index contributed by atoms with van der Waals surface area (Å²) in [5.74, 6) is 1.53. The van der Waals surface area contributed by atoms with Crippen molar-refractivity contribution in [1.29, 1.82) is 0 Å². The summed E-state index contributed by atoms with van der Waals surface area (Å²) in [7, 11) is 0. The van der Waals surface area contributed by atoms with Gasteiger partial charge < -0.3 is 18.5 Å². The zero-order chi connectivity index (χ0) is 40.7. The summed E-state index contributed by atoms with van der Waals surface area (Å²) >= 11 is 0. The first kappa shape index (κ1) is 34.9. The molecule has 0 radical (unpaired) electrons. The van der Waals surface area contributed by atoms with Crippen molar-refractivity contribution in [3.8, 4) is 34.3 Å². The monoisotopic (exact) mass is 797 g/mol. The van der Waals surface area contributed by atoms with E-state index in [2.05, 4.69) is 200 Å². The lowest BCUT2D eigenvalue weighted by Crippen LogP contribution is -2.33. The van der Waals surface area contributed by atoms with Gasteiger partial charge in [0.05, 0.1) is 22.6 Å². The van der Waals surface area contributed by atoms with Crippen LogP contribution in [0.5, 0.6) is 0 Å². The van der Waals surface area contributed by atoms with Crippen molar-refractivity contribution in [2.45, 2.75) is 18.4 Å². The molecule has 62 heavy (non-hydrogen) atoms. The van der Waals surface area contributed by atoms with Crippen molar-refractivity contribution in [1.82, 2.24) is 19.3 Å². The number of fused-ring (bicyclic) bond motifs is 9. The van der Waals surface area contributed by atoms with E-state index < -0.39 is 0 Å². The van der Waals surface area contributed by atoms with E-state index in [4.69, 9.17) is 4.42 Å². The van der Waals surface area contributed by atoms with Crippen molar-refractivity contribution in [2.75, 3.05) is 4.90 Å². The number of allylic oxidation sites excluding steroid dienone is 2. The smallest absolute Gasteiger partial charge is 0.248 e. The molecule has 0 spiro atoms. The lowest BCUT2D eigenvalue weighted by Gasteiger charge is -2.31. The van der Waals surface area contributed by atoms with Gasteiger partial charge in [-0.25, -0.2) is 0 Å². The van der Waals surface area contributed by atoms with E-state index in [0.29, 0.717) is 11.8 Å². The van der Waals surface area contributed by atoms with Gasteiger partial charge in [0.1, 0.15) is 0 Å². The molecule has 0 bridgehead atoms. The van der Waals surface area contributed by atoms with Crippen LogP contribution >= 0.6 is 0 Å². The van der Waals surface area contributed by atoms with Gasteiger partial charge in [0.15, 0.2) is 0 Å². The van der Waals surface area contributed by atoms with Crippen molar-refractivity contribution in [3.63, 3.8) is 0 Å². The number of aromatic nitrogens is 4. The Morgan fingerprint density at radius 2 is 1.15 bits per heavy atom. The summed E-state index contributed by atoms with van der Waals surface area (Å²) in [6.07, 6.45) is 13.3. The summed E-state index contributed by atoms with van der Waals surface area (Å²) in [6.45, 7) is 0. The van der Waals surface area contributed by atoms with Crippen LogP contribution in [-0.2, 0) is 0 Å². The molecule has 6 heteroatoms. The van der Waals surface area contributed by atoms with Gasteiger partial charge >= 0.3 is 0 Å². The van der Waals surface area contributed by atoms with E-state index in [1.807, 2.05) is 30.3 Å². The van der Waals surface area contributed by atoms with Gasteiger partial charge in [0, 0.05) is 72.4 Å². The number of anilines is 2. The number of rotatable bonds is 6. The van der Waals surface area contributed by atoms with Crippen molar-refractivity contribution in [3.05, 3.63) is 216 Å². The first-order valence-corrected chi connectivity index (χ1v) is 21.4. The van der Waals surface area contributed by atoms with Crippen LogP contribution in [0.3, 0.4) is 0 Å². The van der Waals surface area contributed by atoms with E-state index in [-0.39, 0.29) is 17.9 Å². The van der Waals surface area contributed by atoms with Crippen LogP contribution in [-0.4, -0.2) is 25.4 Å². The Morgan fingerprint density at radius 1 is 0.516 bits per heavy atom. The molecule has 6 nitrogen and oxygen atoms in total. The fourth-order valence-corrected chi connectivity index (χ4v) is 10.4. The standard InChI is InChI=1S/C56H39N5O/c1-3-13-36(14-4-1)55-57-58-56(62-55)37-23-27-41(28-24-37)60-49-20-10-7-17-43(49)46-33-38(25-30-52(46)60)39-26-31-53-47(34-39)44-18-8-12-22-51(44)61(53)42-29-32-54-48(35-42)45-19-9-11-21-50(45)59(54)40-15-5-2-6-16-40/h1-24,26-35,38,47,53H,25H2. The summed E-state index contributed by atoms with van der Waals surface area (Å²) in [5, 5.41) is 15.0. The number of hydrogen-bond acceptors (Lipinski definition) is 4. The van der Waals surface area contributed by atoms with Gasteiger partial charge in [-0.3, -0.25) is 0 Å². The van der Waals surface area contributed by atoms with Crippen LogP contribution in [0.15, 0.2) is 204 Å². The van der Waals surface area contributed by atoms with Crippen LogP contribution in [0.4, 0.5) is 11.4 Å². The minimum absolute atomic E-state index is 0.182. The van der Waals surface area contributed by atoms with Gasteiger partial charge in [-0.1, -0.05) is 121 Å². The highest BCUT2D eigenvalue weighted by Gasteiger charge is 2.39. The Balaban J connectivity index is 0.845. The van der Waals surface area contributed by atoms with Crippen molar-refractivity contribution >= 4 is 56.2 Å². The topological polar surface area (TPSA) is 52.0 Å².